The molecule has 0 fully saturated rings. The van der Waals surface area contributed by atoms with Gasteiger partial charge in [0.15, 0.2) is 0 Å². The molecule has 2 aromatic heterocycles. The van der Waals surface area contributed by atoms with Gasteiger partial charge in [0.2, 0.25) is 20.0 Å². The maximum absolute atomic E-state index is 12.8. The van der Waals surface area contributed by atoms with Gasteiger partial charge in [-0.05, 0) is 66.1 Å². The van der Waals surface area contributed by atoms with Crippen molar-refractivity contribution in [2.24, 2.45) is 0 Å². The normalized spacial score (nSPS) is 19.6. The number of hydrogen-bond acceptors (Lipinski definition) is 7. The Morgan fingerprint density at radius 2 is 1.78 bits per heavy atom. The molecule has 2 N–H and O–H groups in total. The second kappa shape index (κ2) is 9.24. The minimum Gasteiger partial charge on any atom is -0.287 e. The molecule has 0 spiro atoms. The molecule has 0 aliphatic carbocycles. The van der Waals surface area contributed by atoms with Crippen LogP contribution in [0.3, 0.4) is 0 Å². The van der Waals surface area contributed by atoms with E-state index in [1.807, 2.05) is 0 Å². The minimum atomic E-state index is -3.71. The van der Waals surface area contributed by atoms with Crippen molar-refractivity contribution in [1.82, 2.24) is 9.62 Å². The molecule has 0 bridgehead atoms. The molecule has 1 aliphatic heterocycles. The highest BCUT2D eigenvalue weighted by Gasteiger charge is 2.34. The van der Waals surface area contributed by atoms with E-state index in [4.69, 9.17) is 0 Å². The van der Waals surface area contributed by atoms with Gasteiger partial charge in [0, 0.05) is 34.6 Å². The average Bonchev–Trinajstić information content (AvgIpc) is 3.39. The highest BCUT2D eigenvalue weighted by Crippen LogP contribution is 2.42. The molecule has 172 valence electrons. The summed E-state index contributed by atoms with van der Waals surface area (Å²) in [5.41, 5.74) is 1.69. The van der Waals surface area contributed by atoms with Crippen molar-refractivity contribution in [3.05, 3.63) is 68.5 Å². The van der Waals surface area contributed by atoms with Crippen LogP contribution in [-0.4, -0.2) is 47.1 Å². The smallest absolute Gasteiger partial charge is 0.240 e. The average molecular weight is 512 g/mol. The SMILES string of the molecule is CC1Cc2ccsc2C(c2cccs2)N1CCNS(=O)(=O)c1ccc(NS(C)(=O)=O)cc1. The summed E-state index contributed by atoms with van der Waals surface area (Å²) in [7, 11) is -7.13. The standard InChI is InChI=1S/C21H25N3O4S4/c1-15-14-16-9-13-30-21(16)20(19-4-3-12-29-19)24(15)11-10-22-32(27,28)18-7-5-17(6-8-18)23-31(2,25)26/h3-9,12-13,15,20,22-23H,10-11,14H2,1-2H3. The van der Waals surface area contributed by atoms with Crippen molar-refractivity contribution in [3.8, 4) is 0 Å². The zero-order valence-corrected chi connectivity index (χ0v) is 21.0. The van der Waals surface area contributed by atoms with Crippen molar-refractivity contribution in [3.63, 3.8) is 0 Å². The summed E-state index contributed by atoms with van der Waals surface area (Å²) in [6.45, 7) is 3.04. The summed E-state index contributed by atoms with van der Waals surface area (Å²) in [6.07, 6.45) is 1.99. The van der Waals surface area contributed by atoms with Gasteiger partial charge in [-0.1, -0.05) is 6.07 Å². The van der Waals surface area contributed by atoms with E-state index in [9.17, 15) is 16.8 Å². The van der Waals surface area contributed by atoms with E-state index in [-0.39, 0.29) is 23.5 Å². The van der Waals surface area contributed by atoms with Crippen molar-refractivity contribution in [2.75, 3.05) is 24.1 Å². The molecule has 0 saturated carbocycles. The lowest BCUT2D eigenvalue weighted by molar-refractivity contribution is 0.159. The number of sulfonamides is 2. The van der Waals surface area contributed by atoms with Gasteiger partial charge in [-0.3, -0.25) is 9.62 Å². The number of fused-ring (bicyclic) bond motifs is 1. The molecule has 0 saturated heterocycles. The maximum atomic E-state index is 12.8. The van der Waals surface area contributed by atoms with Gasteiger partial charge in [-0.25, -0.2) is 21.6 Å². The number of rotatable bonds is 8. The summed E-state index contributed by atoms with van der Waals surface area (Å²) >= 11 is 3.48. The number of anilines is 1. The lowest BCUT2D eigenvalue weighted by Gasteiger charge is -2.40. The van der Waals surface area contributed by atoms with Gasteiger partial charge in [0.1, 0.15) is 0 Å². The topological polar surface area (TPSA) is 95.6 Å². The molecule has 11 heteroatoms. The Morgan fingerprint density at radius 3 is 2.44 bits per heavy atom. The van der Waals surface area contributed by atoms with Crippen LogP contribution in [0.25, 0.3) is 0 Å². The lowest BCUT2D eigenvalue weighted by atomic mass is 9.95. The van der Waals surface area contributed by atoms with E-state index in [1.165, 1.54) is 39.6 Å². The fraction of sp³-hybridized carbons (Fsp3) is 0.333. The quantitative estimate of drug-likeness (QED) is 0.483. The first-order chi connectivity index (χ1) is 15.1. The molecule has 3 heterocycles. The van der Waals surface area contributed by atoms with Crippen molar-refractivity contribution in [2.45, 2.75) is 30.3 Å². The number of nitrogens with one attached hydrogen (secondary N) is 2. The van der Waals surface area contributed by atoms with Crippen molar-refractivity contribution >= 4 is 48.4 Å². The van der Waals surface area contributed by atoms with Crippen LogP contribution in [0.4, 0.5) is 5.69 Å². The zero-order valence-electron chi connectivity index (χ0n) is 17.7. The van der Waals surface area contributed by atoms with Crippen molar-refractivity contribution in [1.29, 1.82) is 0 Å². The highest BCUT2D eigenvalue weighted by atomic mass is 32.2. The second-order valence-corrected chi connectivity index (χ2v) is 13.3. The van der Waals surface area contributed by atoms with Crippen molar-refractivity contribution < 1.29 is 16.8 Å². The van der Waals surface area contributed by atoms with Gasteiger partial charge in [-0.2, -0.15) is 0 Å². The number of nitrogens with zero attached hydrogens (tertiary/aromatic N) is 1. The third-order valence-corrected chi connectivity index (χ3v) is 9.40. The molecule has 4 rings (SSSR count). The molecular formula is C21H25N3O4S4. The third-order valence-electron chi connectivity index (χ3n) is 5.38. The van der Waals surface area contributed by atoms with E-state index in [0.717, 1.165) is 12.7 Å². The number of thiophene rings is 2. The Morgan fingerprint density at radius 1 is 1.03 bits per heavy atom. The molecule has 0 radical (unpaired) electrons. The van der Waals surface area contributed by atoms with Crippen LogP contribution in [0, 0.1) is 0 Å². The summed E-state index contributed by atoms with van der Waals surface area (Å²) in [5, 5.41) is 4.21. The van der Waals surface area contributed by atoms with Crippen LogP contribution >= 0.6 is 22.7 Å². The van der Waals surface area contributed by atoms with Gasteiger partial charge in [0.25, 0.3) is 0 Å². The lowest BCUT2D eigenvalue weighted by Crippen LogP contribution is -2.45. The Hall–Kier alpha value is -1.76. The molecule has 7 nitrogen and oxygen atoms in total. The summed E-state index contributed by atoms with van der Waals surface area (Å²) in [4.78, 5) is 5.06. The molecule has 2 unspecified atom stereocenters. The van der Waals surface area contributed by atoms with Crippen LogP contribution in [0.15, 0.2) is 58.1 Å². The zero-order chi connectivity index (χ0) is 22.9. The first-order valence-corrected chi connectivity index (χ1v) is 15.2. The van der Waals surface area contributed by atoms with E-state index in [0.29, 0.717) is 12.2 Å². The molecule has 0 amide bonds. The first kappa shape index (κ1) is 23.4. The maximum Gasteiger partial charge on any atom is 0.240 e. The third kappa shape index (κ3) is 5.24. The van der Waals surface area contributed by atoms with Crippen LogP contribution in [-0.2, 0) is 26.5 Å². The van der Waals surface area contributed by atoms with Gasteiger partial charge in [-0.15, -0.1) is 22.7 Å². The Labute approximate surface area is 197 Å². The fourth-order valence-corrected chi connectivity index (χ4v) is 7.58. The van der Waals surface area contributed by atoms with E-state index >= 15 is 0 Å². The molecular weight excluding hydrogens is 487 g/mol. The van der Waals surface area contributed by atoms with Gasteiger partial charge >= 0.3 is 0 Å². The molecule has 1 aromatic carbocycles. The molecule has 2 atom stereocenters. The predicted molar refractivity (Wildman–Crippen MR) is 130 cm³/mol. The van der Waals surface area contributed by atoms with Gasteiger partial charge in [0.05, 0.1) is 17.2 Å². The number of benzene rings is 1. The molecule has 1 aliphatic rings. The predicted octanol–water partition coefficient (Wildman–Crippen LogP) is 3.50. The Kier molecular flexibility index (Phi) is 6.76. The van der Waals surface area contributed by atoms with E-state index < -0.39 is 20.0 Å². The fourth-order valence-electron chi connectivity index (χ4n) is 3.99. The van der Waals surface area contributed by atoms with Gasteiger partial charge < -0.3 is 0 Å². The van der Waals surface area contributed by atoms with Crippen LogP contribution in [0.1, 0.15) is 28.3 Å². The Balaban J connectivity index is 1.46. The van der Waals surface area contributed by atoms with Crippen LogP contribution in [0.2, 0.25) is 0 Å². The highest BCUT2D eigenvalue weighted by molar-refractivity contribution is 7.92. The first-order valence-electron chi connectivity index (χ1n) is 10.1. The number of hydrogen-bond donors (Lipinski definition) is 2. The van der Waals surface area contributed by atoms with E-state index in [1.54, 1.807) is 22.7 Å². The summed E-state index contributed by atoms with van der Waals surface area (Å²) < 4.78 is 53.2. The minimum absolute atomic E-state index is 0.0959. The molecule has 3 aromatic rings. The second-order valence-electron chi connectivity index (χ2n) is 7.82. The summed E-state index contributed by atoms with van der Waals surface area (Å²) in [6, 6.07) is 12.5. The van der Waals surface area contributed by atoms with E-state index in [2.05, 4.69) is 50.2 Å². The monoisotopic (exact) mass is 511 g/mol. The van der Waals surface area contributed by atoms with Crippen LogP contribution < -0.4 is 9.44 Å². The van der Waals surface area contributed by atoms with Crippen LogP contribution in [0.5, 0.6) is 0 Å². The molecule has 32 heavy (non-hydrogen) atoms. The largest absolute Gasteiger partial charge is 0.287 e. The Bertz CT molecular complexity index is 1270. The summed E-state index contributed by atoms with van der Waals surface area (Å²) in [5.74, 6) is 0.